The zero-order valence-electron chi connectivity index (χ0n) is 13.4. The maximum Gasteiger partial charge on any atom is 0.0367 e. The van der Waals surface area contributed by atoms with E-state index >= 15 is 0 Å². The normalized spacial score (nSPS) is 19.1. The van der Waals surface area contributed by atoms with Gasteiger partial charge in [0.05, 0.1) is 0 Å². The van der Waals surface area contributed by atoms with E-state index in [1.54, 1.807) is 0 Å². The Bertz CT molecular complexity index is 411. The topological polar surface area (TPSA) is 32.5 Å². The summed E-state index contributed by atoms with van der Waals surface area (Å²) < 4.78 is 0. The van der Waals surface area contributed by atoms with Gasteiger partial charge in [-0.3, -0.25) is 4.90 Å². The summed E-state index contributed by atoms with van der Waals surface area (Å²) in [6.07, 6.45) is 0.990. The monoisotopic (exact) mass is 275 g/mol. The molecule has 1 fully saturated rings. The van der Waals surface area contributed by atoms with Crippen molar-refractivity contribution in [3.05, 3.63) is 29.8 Å². The van der Waals surface area contributed by atoms with Gasteiger partial charge >= 0.3 is 0 Å². The van der Waals surface area contributed by atoms with Crippen LogP contribution in [0, 0.1) is 0 Å². The number of rotatable bonds is 3. The van der Waals surface area contributed by atoms with Crippen molar-refractivity contribution < 1.29 is 0 Å². The fourth-order valence-electron chi connectivity index (χ4n) is 2.80. The number of hydrogen-bond donors (Lipinski definition) is 1. The molecule has 2 rings (SSSR count). The second kappa shape index (κ2) is 6.15. The van der Waals surface area contributed by atoms with Gasteiger partial charge in [0.1, 0.15) is 0 Å². The summed E-state index contributed by atoms with van der Waals surface area (Å²) in [7, 11) is 0. The lowest BCUT2D eigenvalue weighted by molar-refractivity contribution is 0.128. The Morgan fingerprint density at radius 1 is 1.05 bits per heavy atom. The van der Waals surface area contributed by atoms with Crippen molar-refractivity contribution in [2.45, 2.75) is 45.7 Å². The number of nitrogens with two attached hydrogens (primary N) is 1. The SMILES string of the molecule is CCC(N)c1ccc(N2CCN(C(C)(C)C)CC2)cc1. The van der Waals surface area contributed by atoms with Crippen molar-refractivity contribution in [3.8, 4) is 0 Å². The summed E-state index contributed by atoms with van der Waals surface area (Å²) in [5.41, 5.74) is 8.92. The third-order valence-corrected chi connectivity index (χ3v) is 4.35. The van der Waals surface area contributed by atoms with Crippen LogP contribution in [0.1, 0.15) is 45.7 Å². The summed E-state index contributed by atoms with van der Waals surface area (Å²) in [6.45, 7) is 13.5. The van der Waals surface area contributed by atoms with E-state index in [-0.39, 0.29) is 11.6 Å². The molecule has 1 aliphatic rings. The molecule has 0 amide bonds. The molecule has 0 bridgehead atoms. The molecule has 0 aromatic heterocycles. The van der Waals surface area contributed by atoms with E-state index in [9.17, 15) is 0 Å². The second-order valence-corrected chi connectivity index (χ2v) is 6.75. The predicted octanol–water partition coefficient (Wildman–Crippen LogP) is 3.02. The van der Waals surface area contributed by atoms with Gasteiger partial charge in [-0.25, -0.2) is 0 Å². The minimum absolute atomic E-state index is 0.168. The van der Waals surface area contributed by atoms with Gasteiger partial charge < -0.3 is 10.6 Å². The van der Waals surface area contributed by atoms with Crippen LogP contribution in [0.5, 0.6) is 0 Å². The van der Waals surface area contributed by atoms with E-state index in [0.717, 1.165) is 32.6 Å². The maximum atomic E-state index is 6.07. The van der Waals surface area contributed by atoms with Gasteiger partial charge in [0.15, 0.2) is 0 Å². The summed E-state index contributed by atoms with van der Waals surface area (Å²) >= 11 is 0. The Kier molecular flexibility index (Phi) is 4.71. The largest absolute Gasteiger partial charge is 0.369 e. The highest BCUT2D eigenvalue weighted by molar-refractivity contribution is 5.48. The van der Waals surface area contributed by atoms with Crippen molar-refractivity contribution in [2.75, 3.05) is 31.1 Å². The van der Waals surface area contributed by atoms with E-state index in [2.05, 4.69) is 61.8 Å². The molecule has 0 radical (unpaired) electrons. The van der Waals surface area contributed by atoms with Gasteiger partial charge in [-0.2, -0.15) is 0 Å². The van der Waals surface area contributed by atoms with E-state index in [1.165, 1.54) is 11.3 Å². The molecule has 1 aromatic rings. The average molecular weight is 275 g/mol. The Morgan fingerprint density at radius 3 is 2.05 bits per heavy atom. The molecule has 20 heavy (non-hydrogen) atoms. The Morgan fingerprint density at radius 2 is 1.60 bits per heavy atom. The van der Waals surface area contributed by atoms with Crippen molar-refractivity contribution in [1.82, 2.24) is 4.90 Å². The van der Waals surface area contributed by atoms with Crippen LogP contribution in [0.4, 0.5) is 5.69 Å². The molecular weight excluding hydrogens is 246 g/mol. The summed E-state index contributed by atoms with van der Waals surface area (Å²) in [5.74, 6) is 0. The summed E-state index contributed by atoms with van der Waals surface area (Å²) in [5, 5.41) is 0. The van der Waals surface area contributed by atoms with Crippen LogP contribution >= 0.6 is 0 Å². The van der Waals surface area contributed by atoms with Crippen LogP contribution in [0.2, 0.25) is 0 Å². The van der Waals surface area contributed by atoms with Crippen molar-refractivity contribution in [1.29, 1.82) is 0 Å². The van der Waals surface area contributed by atoms with Crippen molar-refractivity contribution >= 4 is 5.69 Å². The van der Waals surface area contributed by atoms with E-state index in [1.807, 2.05) is 0 Å². The predicted molar refractivity (Wildman–Crippen MR) is 87.2 cm³/mol. The van der Waals surface area contributed by atoms with Gasteiger partial charge in [0.2, 0.25) is 0 Å². The first-order valence-corrected chi connectivity index (χ1v) is 7.77. The molecule has 1 atom stereocenters. The Labute approximate surface area is 123 Å². The van der Waals surface area contributed by atoms with Gasteiger partial charge in [-0.15, -0.1) is 0 Å². The van der Waals surface area contributed by atoms with Crippen LogP contribution in [0.15, 0.2) is 24.3 Å². The number of piperazine rings is 1. The third kappa shape index (κ3) is 3.53. The molecule has 1 unspecified atom stereocenters. The van der Waals surface area contributed by atoms with Gasteiger partial charge in [0, 0.05) is 43.4 Å². The molecule has 112 valence electrons. The number of nitrogens with zero attached hydrogens (tertiary/aromatic N) is 2. The molecule has 1 aliphatic heterocycles. The smallest absolute Gasteiger partial charge is 0.0367 e. The van der Waals surface area contributed by atoms with Crippen LogP contribution < -0.4 is 10.6 Å². The zero-order valence-corrected chi connectivity index (χ0v) is 13.4. The number of benzene rings is 1. The van der Waals surface area contributed by atoms with Crippen molar-refractivity contribution in [2.24, 2.45) is 5.73 Å². The minimum atomic E-state index is 0.168. The first-order valence-electron chi connectivity index (χ1n) is 7.77. The van der Waals surface area contributed by atoms with Crippen molar-refractivity contribution in [3.63, 3.8) is 0 Å². The first kappa shape index (κ1) is 15.3. The molecule has 0 aliphatic carbocycles. The second-order valence-electron chi connectivity index (χ2n) is 6.75. The Hall–Kier alpha value is -1.06. The van der Waals surface area contributed by atoms with Crippen LogP contribution in [0.25, 0.3) is 0 Å². The molecule has 2 N–H and O–H groups in total. The van der Waals surface area contributed by atoms with Crippen LogP contribution in [-0.4, -0.2) is 36.6 Å². The Balaban J connectivity index is 1.97. The maximum absolute atomic E-state index is 6.07. The molecule has 1 saturated heterocycles. The minimum Gasteiger partial charge on any atom is -0.369 e. The molecule has 3 heteroatoms. The standard InChI is InChI=1S/C17H29N3/c1-5-16(18)14-6-8-15(9-7-14)19-10-12-20(13-11-19)17(2,3)4/h6-9,16H,5,10-13,18H2,1-4H3. The molecule has 1 aromatic carbocycles. The van der Waals surface area contributed by atoms with Crippen LogP contribution in [0.3, 0.4) is 0 Å². The molecular formula is C17H29N3. The molecule has 3 nitrogen and oxygen atoms in total. The molecule has 1 heterocycles. The van der Waals surface area contributed by atoms with E-state index in [0.29, 0.717) is 0 Å². The third-order valence-electron chi connectivity index (χ3n) is 4.35. The molecule has 0 spiro atoms. The summed E-state index contributed by atoms with van der Waals surface area (Å²) in [6, 6.07) is 8.97. The number of anilines is 1. The lowest BCUT2D eigenvalue weighted by atomic mass is 10.0. The lowest BCUT2D eigenvalue weighted by Crippen LogP contribution is -2.53. The zero-order chi connectivity index (χ0) is 14.8. The fourth-order valence-corrected chi connectivity index (χ4v) is 2.80. The summed E-state index contributed by atoms with van der Waals surface area (Å²) in [4.78, 5) is 5.04. The molecule has 0 saturated carbocycles. The average Bonchev–Trinajstić information content (AvgIpc) is 2.46. The van der Waals surface area contributed by atoms with Gasteiger partial charge in [-0.1, -0.05) is 19.1 Å². The highest BCUT2D eigenvalue weighted by Gasteiger charge is 2.25. The van der Waals surface area contributed by atoms with Gasteiger partial charge in [-0.05, 0) is 44.9 Å². The lowest BCUT2D eigenvalue weighted by Gasteiger charge is -2.43. The number of hydrogen-bond acceptors (Lipinski definition) is 3. The fraction of sp³-hybridized carbons (Fsp3) is 0.647. The van der Waals surface area contributed by atoms with E-state index in [4.69, 9.17) is 5.73 Å². The first-order chi connectivity index (χ1) is 9.41. The van der Waals surface area contributed by atoms with Gasteiger partial charge in [0.25, 0.3) is 0 Å². The van der Waals surface area contributed by atoms with E-state index < -0.39 is 0 Å². The van der Waals surface area contributed by atoms with Crippen LogP contribution in [-0.2, 0) is 0 Å². The highest BCUT2D eigenvalue weighted by atomic mass is 15.3. The highest BCUT2D eigenvalue weighted by Crippen LogP contribution is 2.23. The quantitative estimate of drug-likeness (QED) is 0.920.